The second kappa shape index (κ2) is 8.27. The van der Waals surface area contributed by atoms with Crippen molar-refractivity contribution in [3.05, 3.63) is 65.2 Å². The van der Waals surface area contributed by atoms with Gasteiger partial charge in [-0.1, -0.05) is 18.2 Å². The van der Waals surface area contributed by atoms with Crippen molar-refractivity contribution in [1.82, 2.24) is 9.80 Å². The number of nitrogen functional groups attached to an aromatic ring is 1. The van der Waals surface area contributed by atoms with E-state index in [9.17, 15) is 13.6 Å². The molecule has 0 aromatic heterocycles. The van der Waals surface area contributed by atoms with Crippen LogP contribution in [0.5, 0.6) is 0 Å². The molecule has 1 saturated heterocycles. The molecule has 1 fully saturated rings. The summed E-state index contributed by atoms with van der Waals surface area (Å²) < 4.78 is 27.5. The van der Waals surface area contributed by atoms with Crippen molar-refractivity contribution in [3.8, 4) is 0 Å². The first-order chi connectivity index (χ1) is 11.5. The number of piperazine rings is 1. The molecule has 0 radical (unpaired) electrons. The second-order valence-corrected chi connectivity index (χ2v) is 5.91. The number of nitrogens with two attached hydrogens (primary N) is 1. The lowest BCUT2D eigenvalue weighted by atomic mass is 10.1. The number of hydrogen-bond donors (Lipinski definition) is 1. The van der Waals surface area contributed by atoms with E-state index in [1.54, 1.807) is 0 Å². The van der Waals surface area contributed by atoms with Crippen LogP contribution in [-0.2, 0) is 6.54 Å². The van der Waals surface area contributed by atoms with Gasteiger partial charge >= 0.3 is 0 Å². The van der Waals surface area contributed by atoms with E-state index in [1.807, 2.05) is 24.3 Å². The number of rotatable bonds is 3. The zero-order valence-corrected chi connectivity index (χ0v) is 14.4. The summed E-state index contributed by atoms with van der Waals surface area (Å²) in [5.74, 6) is -2.22. The van der Waals surface area contributed by atoms with Gasteiger partial charge in [-0.15, -0.1) is 12.4 Å². The van der Waals surface area contributed by atoms with Gasteiger partial charge in [0.2, 0.25) is 0 Å². The number of anilines is 1. The molecule has 7 heteroatoms. The normalized spacial score (nSPS) is 14.9. The molecule has 1 aliphatic rings. The van der Waals surface area contributed by atoms with Gasteiger partial charge in [0.15, 0.2) is 0 Å². The fraction of sp³-hybridized carbons (Fsp3) is 0.278. The van der Waals surface area contributed by atoms with Gasteiger partial charge in [0, 0.05) is 38.4 Å². The predicted octanol–water partition coefficient (Wildman–Crippen LogP) is 2.93. The number of hydrogen-bond acceptors (Lipinski definition) is 3. The summed E-state index contributed by atoms with van der Waals surface area (Å²) in [6.45, 7) is 2.91. The highest BCUT2D eigenvalue weighted by atomic mass is 35.5. The van der Waals surface area contributed by atoms with E-state index in [2.05, 4.69) is 4.90 Å². The van der Waals surface area contributed by atoms with E-state index in [0.29, 0.717) is 26.2 Å². The van der Waals surface area contributed by atoms with Crippen molar-refractivity contribution in [3.63, 3.8) is 0 Å². The van der Waals surface area contributed by atoms with Crippen LogP contribution in [-0.4, -0.2) is 41.9 Å². The highest BCUT2D eigenvalue weighted by Gasteiger charge is 2.26. The van der Waals surface area contributed by atoms with Crippen molar-refractivity contribution in [2.45, 2.75) is 6.54 Å². The Balaban J connectivity index is 0.00000225. The minimum Gasteiger partial charge on any atom is -0.399 e. The first kappa shape index (κ1) is 19.1. The van der Waals surface area contributed by atoms with Gasteiger partial charge in [-0.25, -0.2) is 8.78 Å². The summed E-state index contributed by atoms with van der Waals surface area (Å²) in [7, 11) is 0. The molecule has 25 heavy (non-hydrogen) atoms. The molecule has 2 aromatic carbocycles. The Morgan fingerprint density at radius 3 is 2.20 bits per heavy atom. The van der Waals surface area contributed by atoms with Crippen LogP contribution in [0.1, 0.15) is 15.9 Å². The van der Waals surface area contributed by atoms with Gasteiger partial charge < -0.3 is 10.6 Å². The van der Waals surface area contributed by atoms with Gasteiger partial charge in [0.05, 0.1) is 0 Å². The zero-order valence-electron chi connectivity index (χ0n) is 13.6. The minimum atomic E-state index is -0.817. The van der Waals surface area contributed by atoms with E-state index < -0.39 is 23.1 Å². The molecule has 0 saturated carbocycles. The van der Waals surface area contributed by atoms with Crippen molar-refractivity contribution >= 4 is 24.0 Å². The first-order valence-corrected chi connectivity index (χ1v) is 7.84. The number of amides is 1. The molecule has 0 unspecified atom stereocenters. The van der Waals surface area contributed by atoms with Crippen LogP contribution < -0.4 is 5.73 Å². The number of carbonyl (C=O) groups is 1. The molecule has 0 bridgehead atoms. The molecular weight excluding hydrogens is 348 g/mol. The average Bonchev–Trinajstić information content (AvgIpc) is 2.55. The number of nitrogens with zero attached hydrogens (tertiary/aromatic N) is 2. The lowest BCUT2D eigenvalue weighted by molar-refractivity contribution is 0.0619. The molecule has 2 N–H and O–H groups in total. The maximum Gasteiger partial charge on any atom is 0.259 e. The lowest BCUT2D eigenvalue weighted by Gasteiger charge is -2.34. The lowest BCUT2D eigenvalue weighted by Crippen LogP contribution is -2.48. The maximum atomic E-state index is 13.7. The SMILES string of the molecule is Cl.Nc1cccc(CN2CCN(C(=O)c3c(F)cccc3F)CC2)c1. The minimum absolute atomic E-state index is 0. The average molecular weight is 368 g/mol. The Labute approximate surface area is 151 Å². The number of carbonyl (C=O) groups excluding carboxylic acids is 1. The van der Waals surface area contributed by atoms with Crippen molar-refractivity contribution in [2.75, 3.05) is 31.9 Å². The molecule has 0 spiro atoms. The summed E-state index contributed by atoms with van der Waals surface area (Å²) in [5.41, 5.74) is 7.13. The largest absolute Gasteiger partial charge is 0.399 e. The molecule has 0 aliphatic carbocycles. The quantitative estimate of drug-likeness (QED) is 0.849. The fourth-order valence-corrected chi connectivity index (χ4v) is 2.92. The highest BCUT2D eigenvalue weighted by molar-refractivity contribution is 5.94. The third-order valence-electron chi connectivity index (χ3n) is 4.19. The van der Waals surface area contributed by atoms with E-state index in [0.717, 1.165) is 29.9 Å². The predicted molar refractivity (Wildman–Crippen MR) is 95.6 cm³/mol. The van der Waals surface area contributed by atoms with Gasteiger partial charge in [-0.05, 0) is 29.8 Å². The summed E-state index contributed by atoms with van der Waals surface area (Å²) in [4.78, 5) is 16.1. The van der Waals surface area contributed by atoms with Crippen molar-refractivity contribution in [1.29, 1.82) is 0 Å². The summed E-state index contributed by atoms with van der Waals surface area (Å²) >= 11 is 0. The van der Waals surface area contributed by atoms with Gasteiger partial charge in [-0.2, -0.15) is 0 Å². The Hall–Kier alpha value is -2.18. The van der Waals surface area contributed by atoms with E-state index in [4.69, 9.17) is 5.73 Å². The molecule has 1 amide bonds. The molecular formula is C18H20ClF2N3O. The molecule has 3 rings (SSSR count). The summed E-state index contributed by atoms with van der Waals surface area (Å²) in [6.07, 6.45) is 0. The topological polar surface area (TPSA) is 49.6 Å². The Bertz CT molecular complexity index is 729. The van der Waals surface area contributed by atoms with Crippen LogP contribution in [0, 0.1) is 11.6 Å². The number of benzene rings is 2. The van der Waals surface area contributed by atoms with Gasteiger partial charge in [-0.3, -0.25) is 9.69 Å². The smallest absolute Gasteiger partial charge is 0.259 e. The highest BCUT2D eigenvalue weighted by Crippen LogP contribution is 2.17. The summed E-state index contributed by atoms with van der Waals surface area (Å²) in [6, 6.07) is 11.1. The molecule has 2 aromatic rings. The van der Waals surface area contributed by atoms with Gasteiger partial charge in [0.1, 0.15) is 17.2 Å². The first-order valence-electron chi connectivity index (χ1n) is 7.84. The van der Waals surface area contributed by atoms with E-state index in [-0.39, 0.29) is 12.4 Å². The maximum absolute atomic E-state index is 13.7. The van der Waals surface area contributed by atoms with Crippen molar-refractivity contribution < 1.29 is 13.6 Å². The molecule has 1 heterocycles. The Morgan fingerprint density at radius 1 is 1.00 bits per heavy atom. The second-order valence-electron chi connectivity index (χ2n) is 5.91. The Morgan fingerprint density at radius 2 is 1.60 bits per heavy atom. The van der Waals surface area contributed by atoms with Crippen LogP contribution in [0.2, 0.25) is 0 Å². The zero-order chi connectivity index (χ0) is 17.1. The third-order valence-corrected chi connectivity index (χ3v) is 4.19. The fourth-order valence-electron chi connectivity index (χ4n) is 2.92. The van der Waals surface area contributed by atoms with Crippen LogP contribution >= 0.6 is 12.4 Å². The van der Waals surface area contributed by atoms with E-state index in [1.165, 1.54) is 11.0 Å². The van der Waals surface area contributed by atoms with Crippen LogP contribution in [0.4, 0.5) is 14.5 Å². The molecule has 134 valence electrons. The van der Waals surface area contributed by atoms with Crippen LogP contribution in [0.3, 0.4) is 0 Å². The van der Waals surface area contributed by atoms with E-state index >= 15 is 0 Å². The number of halogens is 3. The van der Waals surface area contributed by atoms with Gasteiger partial charge in [0.25, 0.3) is 5.91 Å². The molecule has 4 nitrogen and oxygen atoms in total. The standard InChI is InChI=1S/C18H19F2N3O.ClH/c19-15-5-2-6-16(20)17(15)18(24)23-9-7-22(8-10-23)12-13-3-1-4-14(21)11-13;/h1-6,11H,7-10,12,21H2;1H. The molecule has 1 aliphatic heterocycles. The van der Waals surface area contributed by atoms with Crippen LogP contribution in [0.15, 0.2) is 42.5 Å². The summed E-state index contributed by atoms with van der Waals surface area (Å²) in [5, 5.41) is 0. The van der Waals surface area contributed by atoms with Crippen LogP contribution in [0.25, 0.3) is 0 Å². The third kappa shape index (κ3) is 4.46. The monoisotopic (exact) mass is 367 g/mol. The molecule has 0 atom stereocenters. The Kier molecular flexibility index (Phi) is 6.33. The van der Waals surface area contributed by atoms with Crippen molar-refractivity contribution in [2.24, 2.45) is 0 Å².